The Kier molecular flexibility index (Phi) is 5.71. The molecule has 0 aliphatic rings. The third kappa shape index (κ3) is 4.22. The average molecular weight is 438 g/mol. The van der Waals surface area contributed by atoms with Crippen LogP contribution in [0.25, 0.3) is 17.2 Å². The van der Waals surface area contributed by atoms with E-state index in [9.17, 15) is 13.6 Å². The van der Waals surface area contributed by atoms with Crippen molar-refractivity contribution >= 4 is 11.7 Å². The van der Waals surface area contributed by atoms with E-state index >= 15 is 0 Å². The fourth-order valence-electron chi connectivity index (χ4n) is 3.14. The number of aromatic nitrogens is 7. The van der Waals surface area contributed by atoms with E-state index in [1.807, 2.05) is 25.3 Å². The second-order valence-electron chi connectivity index (χ2n) is 7.41. The molecular formula is C21H20F2N8O. The Morgan fingerprint density at radius 1 is 1.19 bits per heavy atom. The summed E-state index contributed by atoms with van der Waals surface area (Å²) in [6, 6.07) is 6.82. The molecule has 9 nitrogen and oxygen atoms in total. The van der Waals surface area contributed by atoms with Crippen molar-refractivity contribution in [3.8, 4) is 17.2 Å². The molecule has 0 bridgehead atoms. The van der Waals surface area contributed by atoms with Gasteiger partial charge in [-0.05, 0) is 44.5 Å². The maximum atomic E-state index is 13.6. The number of aryl methyl sites for hydroxylation is 1. The molecular weight excluding hydrogens is 418 g/mol. The zero-order chi connectivity index (χ0) is 22.8. The van der Waals surface area contributed by atoms with E-state index < -0.39 is 18.0 Å². The monoisotopic (exact) mass is 438 g/mol. The van der Waals surface area contributed by atoms with Crippen LogP contribution in [0, 0.1) is 6.92 Å². The average Bonchev–Trinajstić information content (AvgIpc) is 3.42. The number of halogens is 2. The molecule has 0 aliphatic carbocycles. The quantitative estimate of drug-likeness (QED) is 0.488. The maximum Gasteiger partial charge on any atom is 0.282 e. The summed E-state index contributed by atoms with van der Waals surface area (Å²) >= 11 is 0. The van der Waals surface area contributed by atoms with Crippen molar-refractivity contribution in [3.05, 3.63) is 66.0 Å². The molecule has 0 atom stereocenters. The molecule has 32 heavy (non-hydrogen) atoms. The molecule has 0 aliphatic heterocycles. The highest BCUT2D eigenvalue weighted by molar-refractivity contribution is 6.04. The van der Waals surface area contributed by atoms with E-state index in [4.69, 9.17) is 0 Å². The first-order valence-corrected chi connectivity index (χ1v) is 9.81. The highest BCUT2D eigenvalue weighted by atomic mass is 19.3. The van der Waals surface area contributed by atoms with Crippen LogP contribution in [0.4, 0.5) is 14.6 Å². The number of carbonyl (C=O) groups is 1. The van der Waals surface area contributed by atoms with E-state index in [-0.39, 0.29) is 17.4 Å². The lowest BCUT2D eigenvalue weighted by Gasteiger charge is -2.10. The second kappa shape index (κ2) is 8.61. The number of alkyl halides is 2. The van der Waals surface area contributed by atoms with Gasteiger partial charge in [0.15, 0.2) is 5.82 Å². The Balaban J connectivity index is 1.64. The zero-order valence-electron chi connectivity index (χ0n) is 17.6. The number of nitrogens with zero attached hydrogens (tertiary/aromatic N) is 7. The van der Waals surface area contributed by atoms with Crippen LogP contribution >= 0.6 is 0 Å². The lowest BCUT2D eigenvalue weighted by Crippen LogP contribution is -2.15. The molecule has 4 rings (SSSR count). The van der Waals surface area contributed by atoms with Crippen LogP contribution in [0.15, 0.2) is 49.2 Å². The van der Waals surface area contributed by atoms with E-state index in [1.54, 1.807) is 36.8 Å². The molecule has 0 saturated carbocycles. The molecule has 0 saturated heterocycles. The molecule has 0 fully saturated rings. The fraction of sp³-hybridized carbons (Fsp3) is 0.238. The lowest BCUT2D eigenvalue weighted by atomic mass is 10.2. The Morgan fingerprint density at radius 2 is 2.00 bits per heavy atom. The predicted octanol–water partition coefficient (Wildman–Crippen LogP) is 4.00. The van der Waals surface area contributed by atoms with Crippen molar-refractivity contribution in [1.82, 2.24) is 34.5 Å². The molecule has 164 valence electrons. The Labute approximate surface area is 182 Å². The summed E-state index contributed by atoms with van der Waals surface area (Å²) in [5.74, 6) is -0.0257. The SMILES string of the molecule is Cc1cncc(-n2cc(C(=O)Nc3cccc(-c4nncn4C(C)C)n3)c(C(F)F)n2)c1. The van der Waals surface area contributed by atoms with Crippen LogP contribution in [0.3, 0.4) is 0 Å². The van der Waals surface area contributed by atoms with Gasteiger partial charge in [-0.1, -0.05) is 6.07 Å². The summed E-state index contributed by atoms with van der Waals surface area (Å²) in [5, 5.41) is 14.5. The summed E-state index contributed by atoms with van der Waals surface area (Å²) in [5.41, 5.74) is 0.917. The zero-order valence-corrected chi connectivity index (χ0v) is 17.6. The topological polar surface area (TPSA) is 103 Å². The van der Waals surface area contributed by atoms with Crippen molar-refractivity contribution in [1.29, 1.82) is 0 Å². The van der Waals surface area contributed by atoms with Crippen LogP contribution < -0.4 is 5.32 Å². The summed E-state index contributed by atoms with van der Waals surface area (Å²) < 4.78 is 30.2. The smallest absolute Gasteiger partial charge is 0.282 e. The maximum absolute atomic E-state index is 13.6. The van der Waals surface area contributed by atoms with E-state index in [1.165, 1.54) is 17.1 Å². The third-order valence-corrected chi connectivity index (χ3v) is 4.67. The van der Waals surface area contributed by atoms with Gasteiger partial charge in [-0.2, -0.15) is 5.10 Å². The lowest BCUT2D eigenvalue weighted by molar-refractivity contribution is 0.101. The molecule has 0 radical (unpaired) electrons. The highest BCUT2D eigenvalue weighted by Gasteiger charge is 2.24. The van der Waals surface area contributed by atoms with Crippen LogP contribution in [0.1, 0.15) is 47.9 Å². The van der Waals surface area contributed by atoms with Crippen molar-refractivity contribution in [2.75, 3.05) is 5.32 Å². The fourth-order valence-corrected chi connectivity index (χ4v) is 3.14. The van der Waals surface area contributed by atoms with Crippen LogP contribution in [-0.2, 0) is 0 Å². The van der Waals surface area contributed by atoms with Gasteiger partial charge in [0.05, 0.1) is 17.4 Å². The van der Waals surface area contributed by atoms with Gasteiger partial charge in [0.2, 0.25) is 0 Å². The molecule has 1 N–H and O–H groups in total. The minimum atomic E-state index is -2.93. The standard InChI is InChI=1S/C21H20F2N8O/c1-12(2)30-11-25-28-20(30)16-5-4-6-17(26-16)27-21(32)15-10-31(29-18(15)19(22)23)14-7-13(3)8-24-9-14/h4-12,19H,1-3H3,(H,26,27,32). The van der Waals surface area contributed by atoms with Crippen molar-refractivity contribution in [3.63, 3.8) is 0 Å². The van der Waals surface area contributed by atoms with Gasteiger partial charge in [0.1, 0.15) is 23.5 Å². The Bertz CT molecular complexity index is 1260. The first-order chi connectivity index (χ1) is 15.3. The second-order valence-corrected chi connectivity index (χ2v) is 7.41. The number of carbonyl (C=O) groups excluding carboxylic acids is 1. The predicted molar refractivity (Wildman–Crippen MR) is 113 cm³/mol. The molecule has 4 aromatic heterocycles. The third-order valence-electron chi connectivity index (χ3n) is 4.67. The minimum absolute atomic E-state index is 0.107. The van der Waals surface area contributed by atoms with Gasteiger partial charge in [-0.25, -0.2) is 18.4 Å². The van der Waals surface area contributed by atoms with Crippen molar-refractivity contribution < 1.29 is 13.6 Å². The Morgan fingerprint density at radius 3 is 2.72 bits per heavy atom. The van der Waals surface area contributed by atoms with Crippen LogP contribution in [0.2, 0.25) is 0 Å². The van der Waals surface area contributed by atoms with Gasteiger partial charge in [0, 0.05) is 18.4 Å². The summed E-state index contributed by atoms with van der Waals surface area (Å²) in [6.45, 7) is 5.78. The molecule has 1 amide bonds. The van der Waals surface area contributed by atoms with Gasteiger partial charge in [-0.3, -0.25) is 9.78 Å². The van der Waals surface area contributed by atoms with Crippen LogP contribution in [-0.4, -0.2) is 40.4 Å². The highest BCUT2D eigenvalue weighted by Crippen LogP contribution is 2.25. The van der Waals surface area contributed by atoms with Gasteiger partial charge in [-0.15, -0.1) is 10.2 Å². The normalized spacial score (nSPS) is 11.3. The minimum Gasteiger partial charge on any atom is -0.310 e. The number of hydrogen-bond acceptors (Lipinski definition) is 6. The van der Waals surface area contributed by atoms with Crippen molar-refractivity contribution in [2.45, 2.75) is 33.2 Å². The first-order valence-electron chi connectivity index (χ1n) is 9.81. The van der Waals surface area contributed by atoms with E-state index in [0.717, 1.165) is 5.56 Å². The summed E-state index contributed by atoms with van der Waals surface area (Å²) in [6.07, 6.45) is 3.03. The number of nitrogens with one attached hydrogen (secondary N) is 1. The molecule has 0 aromatic carbocycles. The molecule has 4 heterocycles. The van der Waals surface area contributed by atoms with Gasteiger partial charge in [0.25, 0.3) is 12.3 Å². The number of amides is 1. The van der Waals surface area contributed by atoms with Gasteiger partial charge < -0.3 is 9.88 Å². The Hall–Kier alpha value is -4.02. The summed E-state index contributed by atoms with van der Waals surface area (Å²) in [7, 11) is 0. The molecule has 4 aromatic rings. The number of anilines is 1. The van der Waals surface area contributed by atoms with E-state index in [0.29, 0.717) is 17.2 Å². The van der Waals surface area contributed by atoms with Crippen LogP contribution in [0.5, 0.6) is 0 Å². The largest absolute Gasteiger partial charge is 0.310 e. The van der Waals surface area contributed by atoms with Crippen molar-refractivity contribution in [2.24, 2.45) is 0 Å². The number of hydrogen-bond donors (Lipinski definition) is 1. The number of pyridine rings is 2. The van der Waals surface area contributed by atoms with E-state index in [2.05, 4.69) is 30.6 Å². The number of rotatable bonds is 6. The molecule has 11 heteroatoms. The van der Waals surface area contributed by atoms with Gasteiger partial charge >= 0.3 is 0 Å². The first kappa shape index (κ1) is 21.2. The molecule has 0 spiro atoms. The molecule has 0 unspecified atom stereocenters. The summed E-state index contributed by atoms with van der Waals surface area (Å²) in [4.78, 5) is 21.3.